The first kappa shape index (κ1) is 23.8. The number of hydrogen-bond acceptors (Lipinski definition) is 5. The maximum Gasteiger partial charge on any atom is 0.330 e. The lowest BCUT2D eigenvalue weighted by Gasteiger charge is -2.26. The zero-order chi connectivity index (χ0) is 24.1. The highest BCUT2D eigenvalue weighted by molar-refractivity contribution is 5.98. The molecule has 3 aromatic rings. The highest BCUT2D eigenvalue weighted by Crippen LogP contribution is 2.20. The summed E-state index contributed by atoms with van der Waals surface area (Å²) in [5, 5.41) is 2.89. The van der Waals surface area contributed by atoms with E-state index in [0.29, 0.717) is 11.3 Å². The highest BCUT2D eigenvalue weighted by atomic mass is 19.1. The average molecular weight is 454 g/mol. The first-order valence-electron chi connectivity index (χ1n) is 10.6. The molecule has 174 valence electrons. The van der Waals surface area contributed by atoms with Gasteiger partial charge in [-0.25, -0.2) is 9.18 Å². The average Bonchev–Trinajstić information content (AvgIpc) is 2.77. The summed E-state index contributed by atoms with van der Waals surface area (Å²) >= 11 is 0. The van der Waals surface area contributed by atoms with Crippen LogP contribution in [-0.2, 0) is 11.3 Å². The van der Waals surface area contributed by atoms with Gasteiger partial charge in [0.15, 0.2) is 5.69 Å². The Morgan fingerprint density at radius 3 is 2.52 bits per heavy atom. The van der Waals surface area contributed by atoms with Gasteiger partial charge in [0.25, 0.3) is 5.56 Å². The lowest BCUT2D eigenvalue weighted by Crippen LogP contribution is -2.44. The lowest BCUT2D eigenvalue weighted by molar-refractivity contribution is -0.117. The van der Waals surface area contributed by atoms with Crippen molar-refractivity contribution in [1.29, 1.82) is 0 Å². The number of anilines is 3. The summed E-state index contributed by atoms with van der Waals surface area (Å²) in [4.78, 5) is 41.9. The molecule has 4 N–H and O–H groups in total. The molecule has 0 aliphatic rings. The minimum absolute atomic E-state index is 0.0130. The van der Waals surface area contributed by atoms with Gasteiger partial charge in [0.1, 0.15) is 11.6 Å². The first-order chi connectivity index (χ1) is 15.7. The Hall–Kier alpha value is -3.88. The fraction of sp³-hybridized carbons (Fsp3) is 0.292. The van der Waals surface area contributed by atoms with Crippen LogP contribution in [0.1, 0.15) is 25.0 Å². The summed E-state index contributed by atoms with van der Waals surface area (Å²) in [6, 6.07) is 13.8. The molecule has 0 aliphatic heterocycles. The minimum atomic E-state index is -0.739. The van der Waals surface area contributed by atoms with Crippen molar-refractivity contribution in [2.45, 2.75) is 27.3 Å². The molecule has 0 unspecified atom stereocenters. The van der Waals surface area contributed by atoms with E-state index < -0.39 is 17.2 Å². The van der Waals surface area contributed by atoms with Crippen molar-refractivity contribution in [2.75, 3.05) is 29.0 Å². The normalized spacial score (nSPS) is 10.9. The van der Waals surface area contributed by atoms with Gasteiger partial charge in [-0.15, -0.1) is 0 Å². The van der Waals surface area contributed by atoms with E-state index in [4.69, 9.17) is 5.73 Å². The minimum Gasteiger partial charge on any atom is -0.383 e. The molecule has 0 atom stereocenters. The smallest absolute Gasteiger partial charge is 0.330 e. The van der Waals surface area contributed by atoms with Crippen molar-refractivity contribution in [3.05, 3.63) is 86.3 Å². The monoisotopic (exact) mass is 453 g/mol. The molecule has 8 nitrogen and oxygen atoms in total. The fourth-order valence-corrected chi connectivity index (χ4v) is 3.42. The maximum atomic E-state index is 13.8. The standard InChI is InChI=1S/C24H28FN5O3/c1-15(2)13-29(20(31)12-27-18-10-9-16(3)19(25)11-18)21-22(26)30(24(33)28-23(21)32)14-17-7-5-4-6-8-17/h4-11,15,27H,12-14,26H2,1-3H3,(H,28,32,33). The molecule has 0 aliphatic carbocycles. The van der Waals surface area contributed by atoms with Gasteiger partial charge in [0.05, 0.1) is 13.1 Å². The van der Waals surface area contributed by atoms with Gasteiger partial charge in [-0.05, 0) is 36.1 Å². The number of nitrogens with two attached hydrogens (primary N) is 1. The second-order valence-electron chi connectivity index (χ2n) is 8.28. The van der Waals surface area contributed by atoms with Crippen LogP contribution >= 0.6 is 0 Å². The van der Waals surface area contributed by atoms with Crippen LogP contribution in [0.25, 0.3) is 0 Å². The predicted octanol–water partition coefficient (Wildman–Crippen LogP) is 2.72. The van der Waals surface area contributed by atoms with Crippen LogP contribution in [-0.4, -0.2) is 28.5 Å². The third-order valence-electron chi connectivity index (χ3n) is 5.13. The van der Waals surface area contributed by atoms with E-state index in [2.05, 4.69) is 10.3 Å². The number of hydrogen-bond donors (Lipinski definition) is 3. The second kappa shape index (κ2) is 10.2. The molecule has 0 bridgehead atoms. The Bertz CT molecular complexity index is 1250. The van der Waals surface area contributed by atoms with Gasteiger partial charge in [-0.1, -0.05) is 50.2 Å². The fourth-order valence-electron chi connectivity index (χ4n) is 3.42. The molecule has 33 heavy (non-hydrogen) atoms. The molecule has 0 radical (unpaired) electrons. The summed E-state index contributed by atoms with van der Waals surface area (Å²) in [6.07, 6.45) is 0. The van der Waals surface area contributed by atoms with Crippen LogP contribution in [0, 0.1) is 18.7 Å². The molecule has 3 rings (SSSR count). The van der Waals surface area contributed by atoms with Crippen LogP contribution in [0.15, 0.2) is 58.1 Å². The molecule has 9 heteroatoms. The van der Waals surface area contributed by atoms with Crippen LogP contribution in [0.3, 0.4) is 0 Å². The third kappa shape index (κ3) is 5.68. The number of nitrogen functional groups attached to an aromatic ring is 1. The summed E-state index contributed by atoms with van der Waals surface area (Å²) in [5.74, 6) is -0.908. The molecule has 1 heterocycles. The van der Waals surface area contributed by atoms with Crippen molar-refractivity contribution in [1.82, 2.24) is 9.55 Å². The number of nitrogens with zero attached hydrogens (tertiary/aromatic N) is 2. The number of halogens is 1. The quantitative estimate of drug-likeness (QED) is 0.485. The summed E-state index contributed by atoms with van der Waals surface area (Å²) in [7, 11) is 0. The van der Waals surface area contributed by atoms with E-state index in [1.807, 2.05) is 44.2 Å². The number of carbonyl (C=O) groups excluding carboxylic acids is 1. The first-order valence-corrected chi connectivity index (χ1v) is 10.6. The van der Waals surface area contributed by atoms with Crippen molar-refractivity contribution in [2.24, 2.45) is 5.92 Å². The summed E-state index contributed by atoms with van der Waals surface area (Å²) < 4.78 is 15.1. The predicted molar refractivity (Wildman–Crippen MR) is 128 cm³/mol. The molecule has 1 aromatic heterocycles. The second-order valence-corrected chi connectivity index (χ2v) is 8.28. The van der Waals surface area contributed by atoms with E-state index in [1.54, 1.807) is 19.1 Å². The van der Waals surface area contributed by atoms with E-state index in [1.165, 1.54) is 15.5 Å². The Kier molecular flexibility index (Phi) is 7.32. The highest BCUT2D eigenvalue weighted by Gasteiger charge is 2.25. The summed E-state index contributed by atoms with van der Waals surface area (Å²) in [5.41, 5.74) is 6.54. The van der Waals surface area contributed by atoms with E-state index in [0.717, 1.165) is 5.56 Å². The molecule has 0 saturated heterocycles. The lowest BCUT2D eigenvalue weighted by atomic mass is 10.2. The topological polar surface area (TPSA) is 113 Å². The largest absolute Gasteiger partial charge is 0.383 e. The van der Waals surface area contributed by atoms with Crippen molar-refractivity contribution in [3.63, 3.8) is 0 Å². The number of rotatable bonds is 8. The number of benzene rings is 2. The van der Waals surface area contributed by atoms with Gasteiger partial charge in [-0.3, -0.25) is 19.1 Å². The summed E-state index contributed by atoms with van der Waals surface area (Å²) in [6.45, 7) is 5.60. The van der Waals surface area contributed by atoms with Gasteiger partial charge in [-0.2, -0.15) is 0 Å². The van der Waals surface area contributed by atoms with E-state index in [9.17, 15) is 18.8 Å². The van der Waals surface area contributed by atoms with E-state index in [-0.39, 0.29) is 42.9 Å². The van der Waals surface area contributed by atoms with Gasteiger partial charge < -0.3 is 16.0 Å². The number of nitrogens with one attached hydrogen (secondary N) is 2. The molecule has 2 aromatic carbocycles. The van der Waals surface area contributed by atoms with Gasteiger partial charge in [0.2, 0.25) is 5.91 Å². The third-order valence-corrected chi connectivity index (χ3v) is 5.13. The Morgan fingerprint density at radius 2 is 1.88 bits per heavy atom. The Balaban J connectivity index is 1.94. The number of carbonyl (C=O) groups is 1. The van der Waals surface area contributed by atoms with Crippen LogP contribution in [0.5, 0.6) is 0 Å². The van der Waals surface area contributed by atoms with Gasteiger partial charge >= 0.3 is 5.69 Å². The molecule has 0 fully saturated rings. The molecule has 0 spiro atoms. The number of aromatic amines is 1. The SMILES string of the molecule is Cc1ccc(NCC(=O)N(CC(C)C)c2c(N)n(Cc3ccccc3)c(=O)[nH]c2=O)cc1F. The molecular weight excluding hydrogens is 425 g/mol. The van der Waals surface area contributed by atoms with Crippen molar-refractivity contribution >= 4 is 23.1 Å². The molecule has 1 amide bonds. The van der Waals surface area contributed by atoms with Crippen LogP contribution in [0.4, 0.5) is 21.6 Å². The van der Waals surface area contributed by atoms with Crippen molar-refractivity contribution < 1.29 is 9.18 Å². The number of aryl methyl sites for hydroxylation is 1. The zero-order valence-electron chi connectivity index (χ0n) is 18.9. The van der Waals surface area contributed by atoms with Crippen molar-refractivity contribution in [3.8, 4) is 0 Å². The number of H-pyrrole nitrogens is 1. The Morgan fingerprint density at radius 1 is 1.18 bits per heavy atom. The maximum absolute atomic E-state index is 13.8. The number of amides is 1. The van der Waals surface area contributed by atoms with Crippen LogP contribution < -0.4 is 27.2 Å². The van der Waals surface area contributed by atoms with Crippen LogP contribution in [0.2, 0.25) is 0 Å². The Labute approximate surface area is 190 Å². The molecule has 0 saturated carbocycles. The van der Waals surface area contributed by atoms with Gasteiger partial charge in [0, 0.05) is 12.2 Å². The number of aromatic nitrogens is 2. The van der Waals surface area contributed by atoms with E-state index >= 15 is 0 Å². The zero-order valence-corrected chi connectivity index (χ0v) is 18.9. The molecular formula is C24H28FN5O3.